The zero-order chi connectivity index (χ0) is 7.84. The lowest BCUT2D eigenvalue weighted by molar-refractivity contribution is 0.739. The van der Waals surface area contributed by atoms with E-state index in [0.717, 1.165) is 24.0 Å². The third-order valence-electron chi connectivity index (χ3n) is 2.32. The molecule has 0 saturated heterocycles. The van der Waals surface area contributed by atoms with Crippen molar-refractivity contribution in [2.75, 3.05) is 0 Å². The van der Waals surface area contributed by atoms with Gasteiger partial charge in [-0.25, -0.2) is 5.10 Å². The summed E-state index contributed by atoms with van der Waals surface area (Å²) in [4.78, 5) is 11.2. The van der Waals surface area contributed by atoms with Crippen molar-refractivity contribution in [2.45, 2.75) is 25.7 Å². The van der Waals surface area contributed by atoms with Crippen molar-refractivity contribution >= 4 is 0 Å². The number of fused-ring (bicyclic) bond motifs is 1. The van der Waals surface area contributed by atoms with E-state index in [2.05, 4.69) is 17.1 Å². The maximum absolute atomic E-state index is 11.2. The Labute approximate surface area is 64.5 Å². The zero-order valence-corrected chi connectivity index (χ0v) is 6.42. The van der Waals surface area contributed by atoms with E-state index in [1.54, 1.807) is 6.20 Å². The van der Waals surface area contributed by atoms with E-state index in [1.807, 2.05) is 0 Å². The molecule has 1 heterocycles. The van der Waals surface area contributed by atoms with E-state index in [-0.39, 0.29) is 5.56 Å². The van der Waals surface area contributed by atoms with Gasteiger partial charge in [-0.05, 0) is 24.3 Å². The number of aromatic nitrogens is 2. The fraction of sp³-hybridized carbons (Fsp3) is 0.500. The van der Waals surface area contributed by atoms with E-state index in [1.165, 1.54) is 0 Å². The van der Waals surface area contributed by atoms with Crippen molar-refractivity contribution in [2.24, 2.45) is 0 Å². The molecule has 0 bridgehead atoms. The largest absolute Gasteiger partial charge is 0.268 e. The first-order chi connectivity index (χ1) is 5.29. The average Bonchev–Trinajstić information content (AvgIpc) is 2.34. The molecular weight excluding hydrogens is 140 g/mol. The Balaban J connectivity index is 2.68. The lowest BCUT2D eigenvalue weighted by Gasteiger charge is -1.99. The van der Waals surface area contributed by atoms with Crippen LogP contribution in [-0.4, -0.2) is 10.2 Å². The van der Waals surface area contributed by atoms with Crippen molar-refractivity contribution in [3.63, 3.8) is 0 Å². The maximum Gasteiger partial charge on any atom is 0.267 e. The number of nitrogens with one attached hydrogen (secondary N) is 1. The number of rotatable bonds is 0. The highest BCUT2D eigenvalue weighted by Gasteiger charge is 2.21. The normalized spacial score (nSPS) is 21.7. The first kappa shape index (κ1) is 6.58. The van der Waals surface area contributed by atoms with Crippen LogP contribution in [0.1, 0.15) is 30.4 Å². The molecule has 1 aliphatic rings. The number of aryl methyl sites for hydroxylation is 1. The summed E-state index contributed by atoms with van der Waals surface area (Å²) in [6.45, 7) is 2.08. The van der Waals surface area contributed by atoms with Crippen LogP contribution in [0.2, 0.25) is 0 Å². The minimum absolute atomic E-state index is 0.00694. The van der Waals surface area contributed by atoms with Gasteiger partial charge < -0.3 is 0 Å². The van der Waals surface area contributed by atoms with E-state index in [4.69, 9.17) is 0 Å². The molecular formula is C8H10N2O. The predicted octanol–water partition coefficient (Wildman–Crippen LogP) is 0.820. The first-order valence-corrected chi connectivity index (χ1v) is 3.85. The second kappa shape index (κ2) is 2.19. The van der Waals surface area contributed by atoms with E-state index < -0.39 is 0 Å². The third kappa shape index (κ3) is 0.878. The van der Waals surface area contributed by atoms with Gasteiger partial charge in [-0.3, -0.25) is 4.79 Å². The molecule has 0 saturated carbocycles. The lowest BCUT2D eigenvalue weighted by atomic mass is 10.1. The molecule has 0 aromatic carbocycles. The molecule has 0 aliphatic heterocycles. The molecule has 58 valence electrons. The van der Waals surface area contributed by atoms with Crippen molar-refractivity contribution in [1.29, 1.82) is 0 Å². The third-order valence-corrected chi connectivity index (χ3v) is 2.32. The molecule has 0 amide bonds. The van der Waals surface area contributed by atoms with Crippen molar-refractivity contribution in [1.82, 2.24) is 10.2 Å². The molecule has 1 N–H and O–H groups in total. The molecule has 11 heavy (non-hydrogen) atoms. The Kier molecular flexibility index (Phi) is 1.31. The first-order valence-electron chi connectivity index (χ1n) is 3.85. The highest BCUT2D eigenvalue weighted by atomic mass is 16.1. The second-order valence-corrected chi connectivity index (χ2v) is 3.08. The second-order valence-electron chi connectivity index (χ2n) is 3.08. The smallest absolute Gasteiger partial charge is 0.267 e. The molecule has 0 radical (unpaired) electrons. The highest BCUT2D eigenvalue weighted by molar-refractivity contribution is 5.29. The van der Waals surface area contributed by atoms with Crippen LogP contribution in [0.15, 0.2) is 11.0 Å². The quantitative estimate of drug-likeness (QED) is 0.595. The SMILES string of the molecule is CC1CCc2cn[nH]c(=O)c21. The summed E-state index contributed by atoms with van der Waals surface area (Å²) in [5.74, 6) is 0.414. The molecule has 1 unspecified atom stereocenters. The van der Waals surface area contributed by atoms with Gasteiger partial charge >= 0.3 is 0 Å². The summed E-state index contributed by atoms with van der Waals surface area (Å²) < 4.78 is 0. The molecule has 1 aromatic heterocycles. The van der Waals surface area contributed by atoms with Gasteiger partial charge in [-0.15, -0.1) is 0 Å². The minimum Gasteiger partial charge on any atom is -0.268 e. The van der Waals surface area contributed by atoms with Gasteiger partial charge in [0.1, 0.15) is 0 Å². The number of hydrogen-bond donors (Lipinski definition) is 1. The molecule has 2 rings (SSSR count). The van der Waals surface area contributed by atoms with Gasteiger partial charge in [0.05, 0.1) is 6.20 Å². The van der Waals surface area contributed by atoms with Crippen LogP contribution >= 0.6 is 0 Å². The van der Waals surface area contributed by atoms with Gasteiger partial charge in [0.25, 0.3) is 5.56 Å². The number of aromatic amines is 1. The molecule has 3 heteroatoms. The standard InChI is InChI=1S/C8H10N2O/c1-5-2-3-6-4-9-10-8(11)7(5)6/h4-5H,2-3H2,1H3,(H,10,11). The van der Waals surface area contributed by atoms with Crippen molar-refractivity contribution in [3.05, 3.63) is 27.7 Å². The maximum atomic E-state index is 11.2. The molecule has 0 spiro atoms. The minimum atomic E-state index is -0.00694. The van der Waals surface area contributed by atoms with E-state index in [0.29, 0.717) is 5.92 Å². The Morgan fingerprint density at radius 1 is 1.73 bits per heavy atom. The summed E-state index contributed by atoms with van der Waals surface area (Å²) in [7, 11) is 0. The van der Waals surface area contributed by atoms with Crippen LogP contribution in [0.25, 0.3) is 0 Å². The molecule has 1 aromatic rings. The molecule has 1 atom stereocenters. The van der Waals surface area contributed by atoms with Crippen LogP contribution in [0, 0.1) is 0 Å². The predicted molar refractivity (Wildman–Crippen MR) is 41.6 cm³/mol. The highest BCUT2D eigenvalue weighted by Crippen LogP contribution is 2.28. The number of nitrogens with zero attached hydrogens (tertiary/aromatic N) is 1. The van der Waals surface area contributed by atoms with Crippen LogP contribution in [0.4, 0.5) is 0 Å². The number of H-pyrrole nitrogens is 1. The molecule has 3 nitrogen and oxygen atoms in total. The van der Waals surface area contributed by atoms with Crippen molar-refractivity contribution in [3.8, 4) is 0 Å². The molecule has 1 aliphatic carbocycles. The Morgan fingerprint density at radius 2 is 2.55 bits per heavy atom. The lowest BCUT2D eigenvalue weighted by Crippen LogP contribution is -2.14. The number of hydrogen-bond acceptors (Lipinski definition) is 2. The van der Waals surface area contributed by atoms with Gasteiger partial charge in [0.15, 0.2) is 0 Å². The van der Waals surface area contributed by atoms with Crippen LogP contribution in [0.3, 0.4) is 0 Å². The van der Waals surface area contributed by atoms with Gasteiger partial charge in [-0.1, -0.05) is 6.92 Å². The monoisotopic (exact) mass is 150 g/mol. The van der Waals surface area contributed by atoms with E-state index in [9.17, 15) is 4.79 Å². The van der Waals surface area contributed by atoms with Crippen LogP contribution in [-0.2, 0) is 6.42 Å². The summed E-state index contributed by atoms with van der Waals surface area (Å²) in [5.41, 5.74) is 2.06. The summed E-state index contributed by atoms with van der Waals surface area (Å²) in [6, 6.07) is 0. The Bertz CT molecular complexity index is 329. The Hall–Kier alpha value is -1.12. The zero-order valence-electron chi connectivity index (χ0n) is 6.42. The fourth-order valence-electron chi connectivity index (χ4n) is 1.70. The van der Waals surface area contributed by atoms with Gasteiger partial charge in [0, 0.05) is 5.56 Å². The topological polar surface area (TPSA) is 45.8 Å². The van der Waals surface area contributed by atoms with E-state index >= 15 is 0 Å². The Morgan fingerprint density at radius 3 is 3.27 bits per heavy atom. The molecule has 0 fully saturated rings. The van der Waals surface area contributed by atoms with Crippen LogP contribution in [0.5, 0.6) is 0 Å². The fourth-order valence-corrected chi connectivity index (χ4v) is 1.70. The van der Waals surface area contributed by atoms with Gasteiger partial charge in [0.2, 0.25) is 0 Å². The summed E-state index contributed by atoms with van der Waals surface area (Å²) >= 11 is 0. The summed E-state index contributed by atoms with van der Waals surface area (Å²) in [5, 5.41) is 6.21. The van der Waals surface area contributed by atoms with Crippen molar-refractivity contribution < 1.29 is 0 Å². The summed E-state index contributed by atoms with van der Waals surface area (Å²) in [6.07, 6.45) is 3.86. The van der Waals surface area contributed by atoms with Gasteiger partial charge in [-0.2, -0.15) is 5.10 Å². The average molecular weight is 150 g/mol. The van der Waals surface area contributed by atoms with Crippen LogP contribution < -0.4 is 5.56 Å².